The van der Waals surface area contributed by atoms with E-state index in [1.54, 1.807) is 30.4 Å². The number of nitrogens with one attached hydrogen (secondary N) is 1. The van der Waals surface area contributed by atoms with Crippen molar-refractivity contribution in [2.75, 3.05) is 48.0 Å². The molecule has 2 fully saturated rings. The lowest BCUT2D eigenvalue weighted by Crippen LogP contribution is -2.63. The summed E-state index contributed by atoms with van der Waals surface area (Å²) in [6, 6.07) is 11.0. The second-order valence-electron chi connectivity index (χ2n) is 14.2. The van der Waals surface area contributed by atoms with Gasteiger partial charge in [-0.2, -0.15) is 0 Å². The van der Waals surface area contributed by atoms with E-state index in [1.165, 1.54) is 22.4 Å². The van der Waals surface area contributed by atoms with Gasteiger partial charge < -0.3 is 34.1 Å². The van der Waals surface area contributed by atoms with Crippen LogP contribution in [0.5, 0.6) is 0 Å². The lowest BCUT2D eigenvalue weighted by atomic mass is 9.96. The zero-order valence-electron chi connectivity index (χ0n) is 29.1. The first-order chi connectivity index (χ1) is 24.7. The number of aromatic nitrogens is 3. The number of amides is 1. The van der Waals surface area contributed by atoms with Gasteiger partial charge in [0.2, 0.25) is 0 Å². The number of piperazine rings is 1. The van der Waals surface area contributed by atoms with Gasteiger partial charge >= 0.3 is 0 Å². The number of carbonyl (C=O) groups is 1. The Morgan fingerprint density at radius 2 is 1.92 bits per heavy atom. The third-order valence-corrected chi connectivity index (χ3v) is 11.1. The molecule has 1 amide bonds. The number of rotatable bonds is 8. The number of aliphatic hydroxyl groups excluding tert-OH is 1. The highest BCUT2D eigenvalue weighted by Gasteiger charge is 2.37. The second kappa shape index (κ2) is 13.4. The third kappa shape index (κ3) is 5.94. The minimum Gasteiger partial charge on any atom is -0.392 e. The van der Waals surface area contributed by atoms with Crippen LogP contribution in [0.3, 0.4) is 0 Å². The molecule has 266 valence electrons. The molecule has 0 saturated carbocycles. The molecule has 4 aliphatic rings. The number of anilines is 4. The standard InChI is InChI=1S/C39H44FN7O4/c1-4-27-20-46(30-22-51-23-30)24(2)18-47(27)29-8-9-37(41-17-29)42-34-13-25(19-43(3)39(34)50)31-14-26(40)15-36(33(31)21-48)45-12-10-35-32(38(45)49)16-28-7-5-6-11-44(28)35/h4,8-9,13-17,19,24,27,30,48H,1,5-7,10-12,18,20-23H2,2-3H3,(H,41,42)/t24-,27+/m1/s1. The smallest absolute Gasteiger partial charge is 0.274 e. The number of aryl methyl sites for hydroxylation is 2. The zero-order valence-corrected chi connectivity index (χ0v) is 29.1. The molecule has 51 heavy (non-hydrogen) atoms. The van der Waals surface area contributed by atoms with Gasteiger partial charge in [0.15, 0.2) is 0 Å². The fourth-order valence-electron chi connectivity index (χ4n) is 8.30. The molecule has 8 rings (SSSR count). The highest BCUT2D eigenvalue weighted by Crippen LogP contribution is 2.37. The van der Waals surface area contributed by atoms with Crippen LogP contribution in [0.25, 0.3) is 11.1 Å². The molecule has 0 bridgehead atoms. The number of fused-ring (bicyclic) bond motifs is 3. The minimum absolute atomic E-state index is 0.124. The highest BCUT2D eigenvalue weighted by atomic mass is 19.1. The molecule has 1 aromatic carbocycles. The minimum atomic E-state index is -0.540. The second-order valence-corrected chi connectivity index (χ2v) is 14.2. The van der Waals surface area contributed by atoms with Gasteiger partial charge in [0.1, 0.15) is 17.3 Å². The summed E-state index contributed by atoms with van der Waals surface area (Å²) in [5, 5.41) is 13.9. The molecule has 0 unspecified atom stereocenters. The van der Waals surface area contributed by atoms with Gasteiger partial charge in [-0.15, -0.1) is 6.58 Å². The van der Waals surface area contributed by atoms with Crippen molar-refractivity contribution in [1.82, 2.24) is 19.0 Å². The molecule has 2 saturated heterocycles. The van der Waals surface area contributed by atoms with Crippen molar-refractivity contribution in [2.45, 2.75) is 63.9 Å². The molecule has 4 aliphatic heterocycles. The monoisotopic (exact) mass is 693 g/mol. The maximum absolute atomic E-state index is 15.4. The van der Waals surface area contributed by atoms with E-state index >= 15 is 4.39 Å². The third-order valence-electron chi connectivity index (χ3n) is 11.1. The van der Waals surface area contributed by atoms with Crippen molar-refractivity contribution < 1.29 is 19.0 Å². The van der Waals surface area contributed by atoms with E-state index in [0.717, 1.165) is 63.5 Å². The number of hydrogen-bond acceptors (Lipinski definition) is 8. The van der Waals surface area contributed by atoms with Gasteiger partial charge in [-0.05, 0) is 68.1 Å². The Bertz CT molecular complexity index is 2050. The van der Waals surface area contributed by atoms with Crippen LogP contribution in [0.2, 0.25) is 0 Å². The van der Waals surface area contributed by atoms with E-state index in [2.05, 4.69) is 38.2 Å². The Labute approximate surface area is 296 Å². The number of nitrogens with zero attached hydrogens (tertiary/aromatic N) is 6. The quantitative estimate of drug-likeness (QED) is 0.258. The van der Waals surface area contributed by atoms with E-state index < -0.39 is 12.4 Å². The summed E-state index contributed by atoms with van der Waals surface area (Å²) in [7, 11) is 1.63. The first kappa shape index (κ1) is 33.4. The molecule has 0 aliphatic carbocycles. The first-order valence-corrected chi connectivity index (χ1v) is 17.9. The molecule has 2 atom stereocenters. The van der Waals surface area contributed by atoms with Crippen LogP contribution in [-0.2, 0) is 37.8 Å². The number of hydrogen-bond donors (Lipinski definition) is 2. The maximum Gasteiger partial charge on any atom is 0.274 e. The molecule has 12 heteroatoms. The zero-order chi connectivity index (χ0) is 35.4. The van der Waals surface area contributed by atoms with Gasteiger partial charge in [0.05, 0.1) is 55.0 Å². The normalized spacial score (nSPS) is 20.9. The van der Waals surface area contributed by atoms with Crippen LogP contribution in [0.4, 0.5) is 27.3 Å². The van der Waals surface area contributed by atoms with Crippen LogP contribution in [0, 0.1) is 5.82 Å². The lowest BCUT2D eigenvalue weighted by molar-refractivity contribution is -0.0818. The van der Waals surface area contributed by atoms with E-state index in [1.807, 2.05) is 24.3 Å². The van der Waals surface area contributed by atoms with Crippen LogP contribution in [0.1, 0.15) is 47.1 Å². The Morgan fingerprint density at radius 1 is 1.08 bits per heavy atom. The van der Waals surface area contributed by atoms with E-state index in [0.29, 0.717) is 58.8 Å². The SMILES string of the molecule is C=C[C@H]1CN(C2COC2)[C@H](C)CN1c1ccc(Nc2cc(-c3cc(F)cc(N4CCc5c(cc6n5CCCC6)C4=O)c3CO)cn(C)c2=O)nc1. The summed E-state index contributed by atoms with van der Waals surface area (Å²) in [4.78, 5) is 38.3. The topological polar surface area (TPSA) is 108 Å². The molecular weight excluding hydrogens is 649 g/mol. The molecule has 0 radical (unpaired) electrons. The summed E-state index contributed by atoms with van der Waals surface area (Å²) in [6.07, 6.45) is 9.18. The predicted molar refractivity (Wildman–Crippen MR) is 195 cm³/mol. The maximum atomic E-state index is 15.4. The average Bonchev–Trinajstić information content (AvgIpc) is 3.50. The van der Waals surface area contributed by atoms with Crippen molar-refractivity contribution in [2.24, 2.45) is 7.05 Å². The molecule has 2 N–H and O–H groups in total. The number of ether oxygens (including phenoxy) is 1. The van der Waals surface area contributed by atoms with Crippen molar-refractivity contribution in [3.8, 4) is 11.1 Å². The van der Waals surface area contributed by atoms with Gasteiger partial charge in [-0.3, -0.25) is 14.5 Å². The van der Waals surface area contributed by atoms with Crippen molar-refractivity contribution in [1.29, 1.82) is 0 Å². The van der Waals surface area contributed by atoms with Gasteiger partial charge in [0.25, 0.3) is 11.5 Å². The first-order valence-electron chi connectivity index (χ1n) is 17.9. The number of pyridine rings is 2. The highest BCUT2D eigenvalue weighted by molar-refractivity contribution is 6.09. The Hall–Kier alpha value is -4.78. The average molecular weight is 694 g/mol. The molecule has 11 nitrogen and oxygen atoms in total. The van der Waals surface area contributed by atoms with Crippen LogP contribution in [-0.4, -0.2) is 81.0 Å². The number of aliphatic hydroxyl groups is 1. The van der Waals surface area contributed by atoms with E-state index in [-0.39, 0.29) is 23.2 Å². The van der Waals surface area contributed by atoms with E-state index in [9.17, 15) is 14.7 Å². The van der Waals surface area contributed by atoms with Gasteiger partial charge in [0, 0.05) is 74.4 Å². The van der Waals surface area contributed by atoms with Crippen molar-refractivity contribution >= 4 is 28.8 Å². The molecule has 7 heterocycles. The predicted octanol–water partition coefficient (Wildman–Crippen LogP) is 4.63. The summed E-state index contributed by atoms with van der Waals surface area (Å²) < 4.78 is 24.6. The van der Waals surface area contributed by atoms with Crippen molar-refractivity contribution in [3.05, 3.63) is 100 Å². The number of carbonyl (C=O) groups excluding carboxylic acids is 1. The Balaban J connectivity index is 1.07. The largest absolute Gasteiger partial charge is 0.392 e. The molecule has 3 aromatic heterocycles. The van der Waals surface area contributed by atoms with Gasteiger partial charge in [-0.25, -0.2) is 9.37 Å². The summed E-state index contributed by atoms with van der Waals surface area (Å²) >= 11 is 0. The summed E-state index contributed by atoms with van der Waals surface area (Å²) in [6.45, 7) is 10.4. The number of halogens is 1. The molecule has 0 spiro atoms. The molecule has 4 aromatic rings. The Morgan fingerprint density at radius 3 is 2.65 bits per heavy atom. The van der Waals surface area contributed by atoms with Crippen molar-refractivity contribution in [3.63, 3.8) is 0 Å². The van der Waals surface area contributed by atoms with Gasteiger partial charge in [-0.1, -0.05) is 6.08 Å². The number of benzene rings is 1. The summed E-state index contributed by atoms with van der Waals surface area (Å²) in [5.74, 6) is -0.249. The summed E-state index contributed by atoms with van der Waals surface area (Å²) in [5.41, 5.74) is 5.46. The van der Waals surface area contributed by atoms with Crippen LogP contribution < -0.4 is 20.7 Å². The van der Waals surface area contributed by atoms with Crippen LogP contribution in [0.15, 0.2) is 66.2 Å². The van der Waals surface area contributed by atoms with E-state index in [4.69, 9.17) is 4.74 Å². The Kier molecular flexibility index (Phi) is 8.77. The lowest BCUT2D eigenvalue weighted by Gasteiger charge is -2.50. The van der Waals surface area contributed by atoms with Crippen LogP contribution >= 0.6 is 0 Å². The fourth-order valence-corrected chi connectivity index (χ4v) is 8.30. The fraction of sp³-hybridized carbons (Fsp3) is 0.410. The molecular formula is C39H44FN7O4.